The third-order valence-electron chi connectivity index (χ3n) is 2.67. The topological polar surface area (TPSA) is 40.5 Å². The Balaban J connectivity index is 2.78. The summed E-state index contributed by atoms with van der Waals surface area (Å²) in [5.74, 6) is -1.95. The first-order chi connectivity index (χ1) is 6.84. The molecule has 0 saturated carbocycles. The van der Waals surface area contributed by atoms with E-state index in [2.05, 4.69) is 0 Å². The summed E-state index contributed by atoms with van der Waals surface area (Å²) in [7, 11) is 1.46. The average Bonchev–Trinajstić information content (AvgIpc) is 2.28. The lowest BCUT2D eigenvalue weighted by Gasteiger charge is -2.25. The molecule has 0 aromatic carbocycles. The molecule has 88 valence electrons. The van der Waals surface area contributed by atoms with Gasteiger partial charge in [-0.05, 0) is 12.8 Å². The van der Waals surface area contributed by atoms with E-state index in [1.165, 1.54) is 11.9 Å². The van der Waals surface area contributed by atoms with Crippen molar-refractivity contribution >= 4 is 5.91 Å². The lowest BCUT2D eigenvalue weighted by Crippen LogP contribution is -2.44. The van der Waals surface area contributed by atoms with Crippen LogP contribution in [0.2, 0.25) is 0 Å². The molecule has 0 radical (unpaired) electrons. The molecule has 2 atom stereocenters. The molecule has 6 heteroatoms. The molecule has 0 aliphatic carbocycles. The number of likely N-dealkylation sites (tertiary alicyclic amines) is 1. The first kappa shape index (κ1) is 12.3. The Morgan fingerprint density at radius 3 is 2.60 bits per heavy atom. The number of alkyl halides is 3. The van der Waals surface area contributed by atoms with Gasteiger partial charge in [0.15, 0.2) is 6.10 Å². The minimum absolute atomic E-state index is 0.101. The molecule has 1 fully saturated rings. The number of hydrogen-bond acceptors (Lipinski definition) is 2. The fourth-order valence-corrected chi connectivity index (χ4v) is 1.75. The highest BCUT2D eigenvalue weighted by atomic mass is 19.4. The van der Waals surface area contributed by atoms with Gasteiger partial charge in [0.25, 0.3) is 0 Å². The summed E-state index contributed by atoms with van der Waals surface area (Å²) in [4.78, 5) is 12.8. The number of halogens is 3. The number of amides is 1. The molecule has 3 nitrogen and oxygen atoms in total. The van der Waals surface area contributed by atoms with Gasteiger partial charge in [-0.1, -0.05) is 6.42 Å². The van der Waals surface area contributed by atoms with E-state index in [0.29, 0.717) is 19.4 Å². The van der Waals surface area contributed by atoms with Gasteiger partial charge >= 0.3 is 6.18 Å². The van der Waals surface area contributed by atoms with Gasteiger partial charge in [0.05, 0.1) is 5.92 Å². The molecule has 1 heterocycles. The first-order valence-electron chi connectivity index (χ1n) is 4.84. The van der Waals surface area contributed by atoms with Crippen molar-refractivity contribution in [3.63, 3.8) is 0 Å². The Labute approximate surface area is 85.9 Å². The fourth-order valence-electron chi connectivity index (χ4n) is 1.75. The summed E-state index contributed by atoms with van der Waals surface area (Å²) in [6, 6.07) is 0. The van der Waals surface area contributed by atoms with Crippen LogP contribution in [0, 0.1) is 5.92 Å². The summed E-state index contributed by atoms with van der Waals surface area (Å²) in [6.07, 6.45) is -5.93. The number of carbonyl (C=O) groups is 1. The first-order valence-corrected chi connectivity index (χ1v) is 4.84. The SMILES string of the molecule is CN1CCCCC(C(O)C(F)(F)F)C1=O. The summed E-state index contributed by atoms with van der Waals surface area (Å²) in [6.45, 7) is 0.458. The highest BCUT2D eigenvalue weighted by molar-refractivity contribution is 5.79. The maximum atomic E-state index is 12.2. The minimum Gasteiger partial charge on any atom is -0.383 e. The Bertz CT molecular complexity index is 242. The molecule has 2 unspecified atom stereocenters. The minimum atomic E-state index is -4.72. The number of hydrogen-bond donors (Lipinski definition) is 1. The average molecular weight is 225 g/mol. The van der Waals surface area contributed by atoms with Crippen molar-refractivity contribution in [3.8, 4) is 0 Å². The molecular formula is C9H14F3NO2. The molecule has 0 spiro atoms. The molecule has 1 N–H and O–H groups in total. The van der Waals surface area contributed by atoms with E-state index in [1.54, 1.807) is 0 Å². The molecular weight excluding hydrogens is 211 g/mol. The molecule has 1 aliphatic rings. The van der Waals surface area contributed by atoms with Crippen molar-refractivity contribution in [2.75, 3.05) is 13.6 Å². The van der Waals surface area contributed by atoms with E-state index in [9.17, 15) is 18.0 Å². The molecule has 0 aromatic rings. The van der Waals surface area contributed by atoms with Gasteiger partial charge in [-0.25, -0.2) is 0 Å². The van der Waals surface area contributed by atoms with Crippen LogP contribution in [-0.2, 0) is 4.79 Å². The maximum absolute atomic E-state index is 12.2. The van der Waals surface area contributed by atoms with Crippen molar-refractivity contribution in [1.82, 2.24) is 4.90 Å². The van der Waals surface area contributed by atoms with Crippen LogP contribution in [0.25, 0.3) is 0 Å². The van der Waals surface area contributed by atoms with Gasteiger partial charge < -0.3 is 10.0 Å². The predicted molar refractivity (Wildman–Crippen MR) is 47.0 cm³/mol. The van der Waals surface area contributed by atoms with Crippen LogP contribution in [0.3, 0.4) is 0 Å². The second-order valence-corrected chi connectivity index (χ2v) is 3.85. The van der Waals surface area contributed by atoms with Gasteiger partial charge in [-0.15, -0.1) is 0 Å². The number of aliphatic hydroxyl groups is 1. The third-order valence-corrected chi connectivity index (χ3v) is 2.67. The Kier molecular flexibility index (Phi) is 3.59. The number of aliphatic hydroxyl groups excluding tert-OH is 1. The van der Waals surface area contributed by atoms with Crippen molar-refractivity contribution in [2.45, 2.75) is 31.5 Å². The summed E-state index contributed by atoms with van der Waals surface area (Å²) in [5.41, 5.74) is 0. The van der Waals surface area contributed by atoms with Crippen LogP contribution in [0.5, 0.6) is 0 Å². The highest BCUT2D eigenvalue weighted by Crippen LogP contribution is 2.30. The second-order valence-electron chi connectivity index (χ2n) is 3.85. The quantitative estimate of drug-likeness (QED) is 0.727. The lowest BCUT2D eigenvalue weighted by molar-refractivity contribution is -0.221. The molecule has 0 aromatic heterocycles. The highest BCUT2D eigenvalue weighted by Gasteiger charge is 2.47. The molecule has 1 saturated heterocycles. The summed E-state index contributed by atoms with van der Waals surface area (Å²) in [5, 5.41) is 9.05. The maximum Gasteiger partial charge on any atom is 0.415 e. The van der Waals surface area contributed by atoms with Crippen LogP contribution < -0.4 is 0 Å². The van der Waals surface area contributed by atoms with Crippen LogP contribution >= 0.6 is 0 Å². The van der Waals surface area contributed by atoms with E-state index in [-0.39, 0.29) is 6.42 Å². The lowest BCUT2D eigenvalue weighted by atomic mass is 9.95. The van der Waals surface area contributed by atoms with E-state index in [0.717, 1.165) is 0 Å². The molecule has 1 rings (SSSR count). The zero-order chi connectivity index (χ0) is 11.6. The standard InChI is InChI=1S/C9H14F3NO2/c1-13-5-3-2-4-6(8(13)15)7(14)9(10,11)12/h6-7,14H,2-5H2,1H3. The van der Waals surface area contributed by atoms with Crippen LogP contribution in [0.1, 0.15) is 19.3 Å². The Hall–Kier alpha value is -0.780. The van der Waals surface area contributed by atoms with Crippen molar-refractivity contribution < 1.29 is 23.1 Å². The van der Waals surface area contributed by atoms with E-state index in [4.69, 9.17) is 5.11 Å². The predicted octanol–water partition coefficient (Wildman–Crippen LogP) is 1.17. The van der Waals surface area contributed by atoms with Crippen molar-refractivity contribution in [1.29, 1.82) is 0 Å². The monoisotopic (exact) mass is 225 g/mol. The third kappa shape index (κ3) is 2.84. The van der Waals surface area contributed by atoms with Gasteiger partial charge in [0, 0.05) is 13.6 Å². The number of carbonyl (C=O) groups excluding carboxylic acids is 1. The zero-order valence-corrected chi connectivity index (χ0v) is 8.42. The van der Waals surface area contributed by atoms with Crippen molar-refractivity contribution in [2.24, 2.45) is 5.92 Å². The van der Waals surface area contributed by atoms with E-state index in [1.807, 2.05) is 0 Å². The van der Waals surface area contributed by atoms with Gasteiger partial charge in [-0.3, -0.25) is 4.79 Å². The summed E-state index contributed by atoms with van der Waals surface area (Å²) < 4.78 is 36.7. The summed E-state index contributed by atoms with van der Waals surface area (Å²) >= 11 is 0. The van der Waals surface area contributed by atoms with Gasteiger partial charge in [0.1, 0.15) is 0 Å². The molecule has 1 aliphatic heterocycles. The van der Waals surface area contributed by atoms with Crippen LogP contribution in [0.15, 0.2) is 0 Å². The Morgan fingerprint density at radius 2 is 2.07 bits per heavy atom. The molecule has 1 amide bonds. The molecule has 15 heavy (non-hydrogen) atoms. The largest absolute Gasteiger partial charge is 0.415 e. The molecule has 0 bridgehead atoms. The zero-order valence-electron chi connectivity index (χ0n) is 8.42. The van der Waals surface area contributed by atoms with Gasteiger partial charge in [0.2, 0.25) is 5.91 Å². The van der Waals surface area contributed by atoms with Crippen LogP contribution in [-0.4, -0.2) is 41.8 Å². The Morgan fingerprint density at radius 1 is 1.47 bits per heavy atom. The van der Waals surface area contributed by atoms with Gasteiger partial charge in [-0.2, -0.15) is 13.2 Å². The second kappa shape index (κ2) is 4.38. The number of nitrogens with zero attached hydrogens (tertiary/aromatic N) is 1. The smallest absolute Gasteiger partial charge is 0.383 e. The fraction of sp³-hybridized carbons (Fsp3) is 0.889. The van der Waals surface area contributed by atoms with E-state index >= 15 is 0 Å². The number of rotatable bonds is 1. The normalized spacial score (nSPS) is 26.3. The van der Waals surface area contributed by atoms with E-state index < -0.39 is 24.1 Å². The van der Waals surface area contributed by atoms with Crippen LogP contribution in [0.4, 0.5) is 13.2 Å². The van der Waals surface area contributed by atoms with Crippen molar-refractivity contribution in [3.05, 3.63) is 0 Å².